The maximum absolute atomic E-state index is 4.82. The molecule has 20 heteroatoms. The smallest absolute Gasteiger partial charge is 0.668 e. The third-order valence-corrected chi connectivity index (χ3v) is 31.9. The summed E-state index contributed by atoms with van der Waals surface area (Å²) in [5, 5.41) is 9.02. The number of nitrogens with zero attached hydrogens (tertiary/aromatic N) is 10. The van der Waals surface area contributed by atoms with Crippen LogP contribution in [0.15, 0.2) is 219 Å². The van der Waals surface area contributed by atoms with Gasteiger partial charge in [-0.05, 0) is 48.5 Å². The Labute approximate surface area is 621 Å². The molecule has 4 aromatic heterocycles. The standard InChI is InChI=1S/2C14H14N.2C10H8N2.4C6H18NSi2.2Y/c2*1-3-7-13(8-4-1)11-15-12-14-9-5-2-6-10-14;2*1-3-7-11-9(5-1)10-6-2-4-8-12-10;4*1-8(2,3)7-9(4,5)6;;/h2*1-10H,11-12H2;2*1-8H;4*1-6H3;;/q2*-1;;;4*-1;2*+3. The van der Waals surface area contributed by atoms with Gasteiger partial charge in [-0.15, -0.1) is 26.2 Å². The van der Waals surface area contributed by atoms with Crippen molar-refractivity contribution in [3.63, 3.8) is 0 Å². The first-order valence-electron chi connectivity index (χ1n) is 31.7. The van der Waals surface area contributed by atoms with Crippen molar-refractivity contribution in [1.82, 2.24) is 19.9 Å². The van der Waals surface area contributed by atoms with Gasteiger partial charge in [0.1, 0.15) is 0 Å². The number of hydrogen-bond acceptors (Lipinski definition) is 4. The fraction of sp³-hybridized carbons (Fsp3) is 0.389. The van der Waals surface area contributed by atoms with Gasteiger partial charge >= 0.3 is 65.4 Å². The summed E-state index contributed by atoms with van der Waals surface area (Å²) < 4.78 is 19.3. The van der Waals surface area contributed by atoms with Gasteiger partial charge in [0.05, 0.1) is 22.8 Å². The van der Waals surface area contributed by atoms with E-state index in [1.54, 1.807) is 24.8 Å². The molecule has 0 saturated heterocycles. The van der Waals surface area contributed by atoms with E-state index in [1.165, 1.54) is 22.3 Å². The summed E-state index contributed by atoms with van der Waals surface area (Å²) in [6.07, 6.45) is 7.07. The molecule has 0 aliphatic heterocycles. The van der Waals surface area contributed by atoms with E-state index in [9.17, 15) is 0 Å². The van der Waals surface area contributed by atoms with Gasteiger partial charge < -0.3 is 29.2 Å². The summed E-state index contributed by atoms with van der Waals surface area (Å²) in [6.45, 7) is 58.3. The van der Waals surface area contributed by atoms with Crippen molar-refractivity contribution in [3.8, 4) is 22.8 Å². The number of aromatic nitrogens is 4. The van der Waals surface area contributed by atoms with Crippen LogP contribution in [0.5, 0.6) is 0 Å². The Hall–Kier alpha value is -2.82. The molecule has 0 radical (unpaired) electrons. The molecule has 0 aliphatic rings. The van der Waals surface area contributed by atoms with Crippen molar-refractivity contribution >= 4 is 65.9 Å². The van der Waals surface area contributed by atoms with Crippen LogP contribution in [-0.4, -0.2) is 85.8 Å². The summed E-state index contributed by atoms with van der Waals surface area (Å²) >= 11 is 0. The van der Waals surface area contributed by atoms with E-state index in [1.807, 2.05) is 146 Å². The Morgan fingerprint density at radius 1 is 0.207 bits per heavy atom. The van der Waals surface area contributed by atoms with Crippen molar-refractivity contribution in [2.45, 2.75) is 183 Å². The van der Waals surface area contributed by atoms with Crippen molar-refractivity contribution in [3.05, 3.63) is 270 Å². The molecule has 10 nitrogen and oxygen atoms in total. The maximum Gasteiger partial charge on any atom is 3.00 e. The molecule has 8 rings (SSSR count). The molecule has 0 saturated carbocycles. The van der Waals surface area contributed by atoms with E-state index in [0.29, 0.717) is 0 Å². The minimum atomic E-state index is -1.11. The average Bonchev–Trinajstić information content (AvgIpc) is 2.58. The monoisotopic (exact) mass is 1520 g/mol. The van der Waals surface area contributed by atoms with E-state index in [-0.39, 0.29) is 65.4 Å². The number of rotatable bonds is 18. The van der Waals surface area contributed by atoms with E-state index in [4.69, 9.17) is 18.6 Å². The minimum absolute atomic E-state index is 0. The Morgan fingerprint density at radius 2 is 0.348 bits per heavy atom. The Morgan fingerprint density at radius 3 is 0.457 bits per heavy atom. The van der Waals surface area contributed by atoms with Crippen LogP contribution in [0.4, 0.5) is 0 Å². The third-order valence-electron chi connectivity index (χ3n) is 10.4. The van der Waals surface area contributed by atoms with Gasteiger partial charge in [-0.25, -0.2) is 0 Å². The first-order valence-corrected chi connectivity index (χ1v) is 59.3. The topological polar surface area (TPSA) is 136 Å². The first kappa shape index (κ1) is 91.2. The summed E-state index contributed by atoms with van der Waals surface area (Å²) in [4.78, 5) is 16.7. The second kappa shape index (κ2) is 47.2. The number of hydrogen-bond donors (Lipinski definition) is 0. The molecule has 492 valence electrons. The van der Waals surface area contributed by atoms with Crippen LogP contribution in [0.2, 0.25) is 157 Å². The van der Waals surface area contributed by atoms with Crippen molar-refractivity contribution < 1.29 is 65.4 Å². The van der Waals surface area contributed by atoms with Gasteiger partial charge in [-0.2, -0.15) is 0 Å². The van der Waals surface area contributed by atoms with Gasteiger partial charge in [0.2, 0.25) is 0 Å². The Balaban J connectivity index is 0. The third kappa shape index (κ3) is 58.5. The molecular weight excluding hydrogens is 1410 g/mol. The molecule has 4 heterocycles. The van der Waals surface area contributed by atoms with Crippen LogP contribution in [0.1, 0.15) is 22.3 Å². The van der Waals surface area contributed by atoms with Gasteiger partial charge in [-0.3, -0.25) is 19.9 Å². The second-order valence-corrected chi connectivity index (χ2v) is 68.0. The maximum atomic E-state index is 4.82. The van der Waals surface area contributed by atoms with Crippen LogP contribution in [0, 0.1) is 0 Å². The van der Waals surface area contributed by atoms with Gasteiger partial charge in [0.15, 0.2) is 0 Å². The predicted octanol–water partition coefficient (Wildman–Crippen LogP) is 23.9. The molecule has 0 amide bonds. The van der Waals surface area contributed by atoms with E-state index in [0.717, 1.165) is 49.0 Å². The van der Waals surface area contributed by atoms with Crippen LogP contribution in [0.25, 0.3) is 52.0 Å². The zero-order valence-corrected chi connectivity index (χ0v) is 74.9. The number of pyridine rings is 4. The molecule has 0 atom stereocenters. The quantitative estimate of drug-likeness (QED) is 0.0790. The van der Waals surface area contributed by atoms with Crippen molar-refractivity contribution in [2.24, 2.45) is 0 Å². The molecule has 0 spiro atoms. The van der Waals surface area contributed by atoms with Crippen LogP contribution >= 0.6 is 0 Å². The van der Waals surface area contributed by atoms with Crippen molar-refractivity contribution in [1.29, 1.82) is 0 Å². The predicted molar refractivity (Wildman–Crippen MR) is 422 cm³/mol. The molecule has 0 N–H and O–H groups in total. The van der Waals surface area contributed by atoms with Gasteiger partial charge in [0.25, 0.3) is 0 Å². The van der Waals surface area contributed by atoms with Crippen LogP contribution < -0.4 is 0 Å². The first-order chi connectivity index (χ1) is 41.7. The molecule has 0 bridgehead atoms. The molecule has 0 fully saturated rings. The van der Waals surface area contributed by atoms with Crippen LogP contribution in [0.3, 0.4) is 0 Å². The SMILES string of the molecule is C[Si](C)(C)[N-][Si](C)(C)C.C[Si](C)(C)[N-][Si](C)(C)C.C[Si](C)(C)[N-][Si](C)(C)C.C[Si](C)(C)[N-][Si](C)(C)C.[Y+3].[Y+3].c1ccc(-c2ccccn2)nc1.c1ccc(-c2ccccn2)nc1.c1ccc(C[N-]Cc2ccccc2)cc1.c1ccc(C[N-]Cc2ccccc2)cc1. The second-order valence-electron chi connectivity index (χ2n) is 29.7. The van der Waals surface area contributed by atoms with E-state index >= 15 is 0 Å². The molecule has 92 heavy (non-hydrogen) atoms. The zero-order valence-electron chi connectivity index (χ0n) is 61.2. The molecule has 0 aliphatic carbocycles. The van der Waals surface area contributed by atoms with Gasteiger partial charge in [0, 0.05) is 24.8 Å². The van der Waals surface area contributed by atoms with E-state index in [2.05, 4.69) is 236 Å². The minimum Gasteiger partial charge on any atom is -0.668 e. The molecular formula is C72H116N10Si8Y2. The zero-order chi connectivity index (χ0) is 68.0. The number of benzene rings is 4. The van der Waals surface area contributed by atoms with Crippen LogP contribution in [-0.2, 0) is 91.6 Å². The Kier molecular flexibility index (Phi) is 46.8. The summed E-state index contributed by atoms with van der Waals surface area (Å²) in [7, 11) is -8.85. The van der Waals surface area contributed by atoms with E-state index < -0.39 is 65.9 Å². The summed E-state index contributed by atoms with van der Waals surface area (Å²) in [5.41, 5.74) is 8.75. The molecule has 4 aromatic carbocycles. The Bertz CT molecular complexity index is 2530. The van der Waals surface area contributed by atoms with Crippen molar-refractivity contribution in [2.75, 3.05) is 0 Å². The van der Waals surface area contributed by atoms with Gasteiger partial charge in [-0.1, -0.05) is 391 Å². The normalized spacial score (nSPS) is 11.3. The molecule has 8 aromatic rings. The fourth-order valence-electron chi connectivity index (χ4n) is 9.04. The fourth-order valence-corrected chi connectivity index (χ4v) is 41.2. The summed E-state index contributed by atoms with van der Waals surface area (Å²) in [6, 6.07) is 64.5. The largest absolute Gasteiger partial charge is 3.00 e. The summed E-state index contributed by atoms with van der Waals surface area (Å²) in [5.74, 6) is 0. The molecule has 0 unspecified atom stereocenters. The average molecular weight is 1520 g/mol.